The van der Waals surface area contributed by atoms with Crippen molar-refractivity contribution < 1.29 is 18.7 Å². The van der Waals surface area contributed by atoms with Crippen LogP contribution >= 0.6 is 15.9 Å². The van der Waals surface area contributed by atoms with Gasteiger partial charge in [0.05, 0.1) is 24.6 Å². The Morgan fingerprint density at radius 1 is 1.12 bits per heavy atom. The molecule has 1 amide bonds. The molecule has 0 fully saturated rings. The van der Waals surface area contributed by atoms with Crippen molar-refractivity contribution >= 4 is 45.0 Å². The fraction of sp³-hybridized carbons (Fsp3) is 0.125. The lowest BCUT2D eigenvalue weighted by Crippen LogP contribution is -2.16. The summed E-state index contributed by atoms with van der Waals surface area (Å²) in [7, 11) is 1.36. The summed E-state index contributed by atoms with van der Waals surface area (Å²) in [6.45, 7) is 3.85. The SMILES string of the molecule is COC(=O)c1ccccc1-n1c(C)cc(/C=N/NC(=O)c2cc3cc(Br)ccc3o2)c1C. The van der Waals surface area contributed by atoms with Crippen molar-refractivity contribution in [3.63, 3.8) is 0 Å². The van der Waals surface area contributed by atoms with Crippen molar-refractivity contribution in [2.24, 2.45) is 5.10 Å². The van der Waals surface area contributed by atoms with Gasteiger partial charge in [0.15, 0.2) is 5.76 Å². The van der Waals surface area contributed by atoms with Crippen molar-refractivity contribution in [3.05, 3.63) is 87.3 Å². The van der Waals surface area contributed by atoms with Gasteiger partial charge < -0.3 is 13.7 Å². The molecule has 0 aliphatic carbocycles. The minimum atomic E-state index is -0.446. The predicted octanol–water partition coefficient (Wildman–Crippen LogP) is 5.15. The van der Waals surface area contributed by atoms with Gasteiger partial charge in [-0.3, -0.25) is 4.79 Å². The molecule has 0 aliphatic rings. The number of hydrogen-bond donors (Lipinski definition) is 1. The maximum Gasteiger partial charge on any atom is 0.339 e. The molecule has 7 nitrogen and oxygen atoms in total. The molecule has 2 aromatic heterocycles. The number of esters is 1. The lowest BCUT2D eigenvalue weighted by molar-refractivity contribution is 0.0600. The first-order valence-corrected chi connectivity index (χ1v) is 10.6. The van der Waals surface area contributed by atoms with Gasteiger partial charge in [0.1, 0.15) is 5.58 Å². The Labute approximate surface area is 192 Å². The Morgan fingerprint density at radius 2 is 1.91 bits per heavy atom. The van der Waals surface area contributed by atoms with Crippen LogP contribution in [-0.2, 0) is 4.74 Å². The Kier molecular flexibility index (Phi) is 5.96. The number of amides is 1. The van der Waals surface area contributed by atoms with Crippen molar-refractivity contribution in [1.82, 2.24) is 9.99 Å². The number of aryl methyl sites for hydroxylation is 1. The lowest BCUT2D eigenvalue weighted by atomic mass is 10.1. The number of methoxy groups -OCH3 is 1. The van der Waals surface area contributed by atoms with Crippen LogP contribution in [0.15, 0.2) is 68.6 Å². The van der Waals surface area contributed by atoms with Gasteiger partial charge in [-0.05, 0) is 56.3 Å². The van der Waals surface area contributed by atoms with Gasteiger partial charge in [-0.15, -0.1) is 0 Å². The highest BCUT2D eigenvalue weighted by Crippen LogP contribution is 2.24. The van der Waals surface area contributed by atoms with Crippen LogP contribution in [0, 0.1) is 13.8 Å². The van der Waals surface area contributed by atoms with E-state index in [0.29, 0.717) is 16.8 Å². The molecule has 0 saturated carbocycles. The number of nitrogens with zero attached hydrogens (tertiary/aromatic N) is 2. The van der Waals surface area contributed by atoms with Crippen molar-refractivity contribution in [2.45, 2.75) is 13.8 Å². The number of carbonyl (C=O) groups excluding carboxylic acids is 2. The number of rotatable bonds is 5. The molecule has 4 aromatic rings. The average molecular weight is 494 g/mol. The quantitative estimate of drug-likeness (QED) is 0.236. The molecule has 0 spiro atoms. The van der Waals surface area contributed by atoms with Gasteiger partial charge in [-0.25, -0.2) is 10.2 Å². The molecule has 0 saturated heterocycles. The summed E-state index contributed by atoms with van der Waals surface area (Å²) in [5.41, 5.74) is 6.88. The molecule has 0 unspecified atom stereocenters. The minimum Gasteiger partial charge on any atom is -0.465 e. The van der Waals surface area contributed by atoms with Crippen LogP contribution in [0.1, 0.15) is 37.9 Å². The van der Waals surface area contributed by atoms with Gasteiger partial charge in [0.2, 0.25) is 0 Å². The van der Waals surface area contributed by atoms with E-state index in [1.165, 1.54) is 7.11 Å². The van der Waals surface area contributed by atoms with E-state index in [9.17, 15) is 9.59 Å². The van der Waals surface area contributed by atoms with Gasteiger partial charge in [-0.1, -0.05) is 28.1 Å². The number of carbonyl (C=O) groups is 2. The number of fused-ring (bicyclic) bond motifs is 1. The summed E-state index contributed by atoms with van der Waals surface area (Å²) < 4.78 is 13.3. The summed E-state index contributed by atoms with van der Waals surface area (Å²) in [6.07, 6.45) is 1.57. The second-order valence-corrected chi connectivity index (χ2v) is 8.08. The predicted molar refractivity (Wildman–Crippen MR) is 126 cm³/mol. The minimum absolute atomic E-state index is 0.174. The molecule has 162 valence electrons. The molecule has 8 heteroatoms. The molecular weight excluding hydrogens is 474 g/mol. The van der Waals surface area contributed by atoms with Crippen LogP contribution in [0.25, 0.3) is 16.7 Å². The third kappa shape index (κ3) is 4.09. The standard InChI is InChI=1S/C24H20BrN3O4/c1-14-10-17(15(2)28(14)20-7-5-4-6-19(20)24(30)31-3)13-26-27-23(29)22-12-16-11-18(25)8-9-21(16)32-22/h4-13H,1-3H3,(H,27,29)/b26-13+. The zero-order valence-electron chi connectivity index (χ0n) is 17.7. The number of para-hydroxylation sites is 1. The molecule has 0 atom stereocenters. The number of furan rings is 1. The van der Waals surface area contributed by atoms with E-state index in [4.69, 9.17) is 9.15 Å². The molecule has 0 radical (unpaired) electrons. The number of hydrogen-bond acceptors (Lipinski definition) is 5. The van der Waals surface area contributed by atoms with Crippen LogP contribution in [0.4, 0.5) is 0 Å². The Balaban J connectivity index is 1.57. The normalized spacial score (nSPS) is 11.2. The Morgan fingerprint density at radius 3 is 2.69 bits per heavy atom. The number of halogens is 1. The zero-order valence-corrected chi connectivity index (χ0v) is 19.3. The van der Waals surface area contributed by atoms with E-state index in [1.807, 2.05) is 48.7 Å². The van der Waals surface area contributed by atoms with E-state index in [1.54, 1.807) is 30.5 Å². The van der Waals surface area contributed by atoms with E-state index in [0.717, 1.165) is 26.8 Å². The third-order valence-corrected chi connectivity index (χ3v) is 5.59. The first-order valence-electron chi connectivity index (χ1n) is 9.78. The molecule has 4 rings (SSSR count). The topological polar surface area (TPSA) is 85.8 Å². The van der Waals surface area contributed by atoms with E-state index in [2.05, 4.69) is 26.5 Å². The summed E-state index contributed by atoms with van der Waals surface area (Å²) in [5, 5.41) is 4.91. The number of ether oxygens (including phenoxy) is 1. The first kappa shape index (κ1) is 21.6. The van der Waals surface area contributed by atoms with Crippen LogP contribution in [0.2, 0.25) is 0 Å². The first-order chi connectivity index (χ1) is 15.4. The van der Waals surface area contributed by atoms with E-state index < -0.39 is 11.9 Å². The van der Waals surface area contributed by atoms with E-state index >= 15 is 0 Å². The largest absolute Gasteiger partial charge is 0.465 e. The summed E-state index contributed by atoms with van der Waals surface area (Å²) >= 11 is 3.40. The van der Waals surface area contributed by atoms with Crippen LogP contribution in [0.3, 0.4) is 0 Å². The van der Waals surface area contributed by atoms with Gasteiger partial charge in [-0.2, -0.15) is 5.10 Å². The maximum absolute atomic E-state index is 12.4. The second-order valence-electron chi connectivity index (χ2n) is 7.16. The molecule has 32 heavy (non-hydrogen) atoms. The van der Waals surface area contributed by atoms with Crippen LogP contribution in [0.5, 0.6) is 0 Å². The zero-order chi connectivity index (χ0) is 22.8. The Bertz CT molecular complexity index is 1370. The fourth-order valence-electron chi connectivity index (χ4n) is 3.58. The molecule has 2 aromatic carbocycles. The summed E-state index contributed by atoms with van der Waals surface area (Å²) in [5.74, 6) is -0.681. The molecule has 2 heterocycles. The monoisotopic (exact) mass is 493 g/mol. The highest BCUT2D eigenvalue weighted by molar-refractivity contribution is 9.10. The highest BCUT2D eigenvalue weighted by Gasteiger charge is 2.17. The number of nitrogens with one attached hydrogen (secondary N) is 1. The average Bonchev–Trinajstić information content (AvgIpc) is 3.33. The third-order valence-electron chi connectivity index (χ3n) is 5.09. The van der Waals surface area contributed by atoms with Crippen LogP contribution in [-0.4, -0.2) is 29.8 Å². The van der Waals surface area contributed by atoms with Crippen molar-refractivity contribution in [1.29, 1.82) is 0 Å². The number of hydrazone groups is 1. The summed E-state index contributed by atoms with van der Waals surface area (Å²) in [4.78, 5) is 24.6. The van der Waals surface area contributed by atoms with E-state index in [-0.39, 0.29) is 5.76 Å². The Hall–Kier alpha value is -3.65. The molecule has 1 N–H and O–H groups in total. The number of benzene rings is 2. The fourth-order valence-corrected chi connectivity index (χ4v) is 3.96. The van der Waals surface area contributed by atoms with Crippen molar-refractivity contribution in [3.8, 4) is 5.69 Å². The van der Waals surface area contributed by atoms with Gasteiger partial charge >= 0.3 is 11.9 Å². The number of aromatic nitrogens is 1. The van der Waals surface area contributed by atoms with Gasteiger partial charge in [0, 0.05) is 26.8 Å². The van der Waals surface area contributed by atoms with Gasteiger partial charge in [0.25, 0.3) is 0 Å². The second kappa shape index (κ2) is 8.84. The highest BCUT2D eigenvalue weighted by atomic mass is 79.9. The molecule has 0 aliphatic heterocycles. The molecule has 0 bridgehead atoms. The summed E-state index contributed by atoms with van der Waals surface area (Å²) in [6, 6.07) is 16.3. The van der Waals surface area contributed by atoms with Crippen molar-refractivity contribution in [2.75, 3.05) is 7.11 Å². The maximum atomic E-state index is 12.4. The smallest absolute Gasteiger partial charge is 0.339 e. The lowest BCUT2D eigenvalue weighted by Gasteiger charge is -2.13. The molecular formula is C24H20BrN3O4. The van der Waals surface area contributed by atoms with Crippen LogP contribution < -0.4 is 5.43 Å².